The highest BCUT2D eigenvalue weighted by Gasteiger charge is 2.22. The molecule has 9 heteroatoms. The average molecular weight is 410 g/mol. The Bertz CT molecular complexity index is 885. The summed E-state index contributed by atoms with van der Waals surface area (Å²) < 4.78 is 5.13. The molecule has 2 aromatic rings. The van der Waals surface area contributed by atoms with E-state index in [0.717, 1.165) is 0 Å². The third-order valence-corrected chi connectivity index (χ3v) is 3.97. The topological polar surface area (TPSA) is 111 Å². The second-order valence-corrected chi connectivity index (χ2v) is 6.49. The molecule has 0 heterocycles. The summed E-state index contributed by atoms with van der Waals surface area (Å²) in [4.78, 5) is 35.5. The first-order chi connectivity index (χ1) is 12.7. The van der Waals surface area contributed by atoms with Gasteiger partial charge in [-0.05, 0) is 43.3 Å². The number of amides is 2. The molecular formula is C18H17Cl2N3O4. The van der Waals surface area contributed by atoms with Gasteiger partial charge in [0, 0.05) is 23.3 Å². The molecule has 0 aliphatic rings. The van der Waals surface area contributed by atoms with Gasteiger partial charge in [0.25, 0.3) is 5.91 Å². The van der Waals surface area contributed by atoms with Crippen LogP contribution >= 0.6 is 23.2 Å². The number of esters is 1. The molecule has 0 unspecified atom stereocenters. The van der Waals surface area contributed by atoms with Crippen LogP contribution in [0.1, 0.15) is 24.2 Å². The predicted octanol–water partition coefficient (Wildman–Crippen LogP) is 3.72. The molecule has 2 amide bonds. The van der Waals surface area contributed by atoms with E-state index < -0.39 is 18.0 Å². The minimum absolute atomic E-state index is 0.0206. The fourth-order valence-corrected chi connectivity index (χ4v) is 2.61. The first-order valence-electron chi connectivity index (χ1n) is 7.81. The summed E-state index contributed by atoms with van der Waals surface area (Å²) in [5.74, 6) is -1.56. The summed E-state index contributed by atoms with van der Waals surface area (Å²) in [6.07, 6.45) is -1.09. The predicted molar refractivity (Wildman–Crippen MR) is 105 cm³/mol. The van der Waals surface area contributed by atoms with Gasteiger partial charge in [-0.1, -0.05) is 23.2 Å². The third kappa shape index (κ3) is 5.60. The lowest BCUT2D eigenvalue weighted by Gasteiger charge is -2.15. The molecule has 0 aromatic heterocycles. The van der Waals surface area contributed by atoms with Crippen molar-refractivity contribution < 1.29 is 19.1 Å². The Kier molecular flexibility index (Phi) is 6.65. The van der Waals surface area contributed by atoms with Crippen molar-refractivity contribution in [3.05, 3.63) is 52.0 Å². The number of halogens is 2. The minimum Gasteiger partial charge on any atom is -0.449 e. The highest BCUT2D eigenvalue weighted by Crippen LogP contribution is 2.28. The van der Waals surface area contributed by atoms with Gasteiger partial charge < -0.3 is 21.1 Å². The number of anilines is 3. The normalized spacial score (nSPS) is 11.4. The largest absolute Gasteiger partial charge is 0.449 e. The van der Waals surface area contributed by atoms with E-state index in [4.69, 9.17) is 33.7 Å². The molecule has 4 N–H and O–H groups in total. The van der Waals surface area contributed by atoms with E-state index in [1.165, 1.54) is 26.0 Å². The second-order valence-electron chi connectivity index (χ2n) is 5.64. The Morgan fingerprint density at radius 2 is 1.59 bits per heavy atom. The fraction of sp³-hybridized carbons (Fsp3) is 0.167. The molecule has 142 valence electrons. The zero-order valence-electron chi connectivity index (χ0n) is 14.5. The summed E-state index contributed by atoms with van der Waals surface area (Å²) in [7, 11) is 0. The minimum atomic E-state index is -1.09. The SMILES string of the molecule is CC(=O)Nc1ccc(NC(=O)[C@@H](C)OC(=O)c2cc(Cl)cc(Cl)c2N)cc1. The van der Waals surface area contributed by atoms with Crippen LogP contribution < -0.4 is 16.4 Å². The molecule has 0 aliphatic heterocycles. The lowest BCUT2D eigenvalue weighted by atomic mass is 10.2. The summed E-state index contributed by atoms with van der Waals surface area (Å²) >= 11 is 11.8. The number of benzene rings is 2. The molecule has 2 aromatic carbocycles. The van der Waals surface area contributed by atoms with Gasteiger partial charge in [0.05, 0.1) is 16.3 Å². The van der Waals surface area contributed by atoms with Crippen LogP contribution in [0.15, 0.2) is 36.4 Å². The molecule has 0 radical (unpaired) electrons. The summed E-state index contributed by atoms with van der Waals surface area (Å²) in [5.41, 5.74) is 6.82. The molecule has 0 saturated carbocycles. The van der Waals surface area contributed by atoms with E-state index in [1.807, 2.05) is 0 Å². The van der Waals surface area contributed by atoms with Gasteiger partial charge in [0.1, 0.15) is 0 Å². The maximum Gasteiger partial charge on any atom is 0.341 e. The Morgan fingerprint density at radius 1 is 1.04 bits per heavy atom. The smallest absolute Gasteiger partial charge is 0.341 e. The third-order valence-electron chi connectivity index (χ3n) is 3.44. The van der Waals surface area contributed by atoms with Gasteiger partial charge in [-0.3, -0.25) is 9.59 Å². The number of nitrogens with two attached hydrogens (primary N) is 1. The molecule has 7 nitrogen and oxygen atoms in total. The number of hydrogen-bond donors (Lipinski definition) is 3. The Hall–Kier alpha value is -2.77. The molecule has 2 rings (SSSR count). The quantitative estimate of drug-likeness (QED) is 0.514. The monoisotopic (exact) mass is 409 g/mol. The zero-order chi connectivity index (χ0) is 20.1. The van der Waals surface area contributed by atoms with Crippen molar-refractivity contribution in [2.75, 3.05) is 16.4 Å². The maximum atomic E-state index is 12.2. The van der Waals surface area contributed by atoms with Crippen LogP contribution in [0.5, 0.6) is 0 Å². The first kappa shape index (κ1) is 20.5. The van der Waals surface area contributed by atoms with Gasteiger partial charge in [-0.2, -0.15) is 0 Å². The highest BCUT2D eigenvalue weighted by molar-refractivity contribution is 6.37. The Balaban J connectivity index is 2.01. The van der Waals surface area contributed by atoms with Crippen molar-refractivity contribution in [3.63, 3.8) is 0 Å². The van der Waals surface area contributed by atoms with Gasteiger partial charge in [-0.15, -0.1) is 0 Å². The van der Waals surface area contributed by atoms with Crippen molar-refractivity contribution >= 4 is 58.0 Å². The molecule has 0 spiro atoms. The number of hydrogen-bond acceptors (Lipinski definition) is 5. The Morgan fingerprint density at radius 3 is 2.15 bits per heavy atom. The van der Waals surface area contributed by atoms with Gasteiger partial charge >= 0.3 is 5.97 Å². The fourth-order valence-electron chi connectivity index (χ4n) is 2.12. The molecule has 27 heavy (non-hydrogen) atoms. The lowest BCUT2D eigenvalue weighted by molar-refractivity contribution is -0.123. The van der Waals surface area contributed by atoms with Crippen LogP contribution in [0.2, 0.25) is 10.0 Å². The van der Waals surface area contributed by atoms with Crippen molar-refractivity contribution in [2.24, 2.45) is 0 Å². The maximum absolute atomic E-state index is 12.2. The van der Waals surface area contributed by atoms with Crippen LogP contribution in [0, 0.1) is 0 Å². The number of ether oxygens (including phenoxy) is 1. The number of carbonyl (C=O) groups excluding carboxylic acids is 3. The van der Waals surface area contributed by atoms with E-state index in [1.54, 1.807) is 24.3 Å². The van der Waals surface area contributed by atoms with Crippen molar-refractivity contribution in [3.8, 4) is 0 Å². The number of carbonyl (C=O) groups is 3. The van der Waals surface area contributed by atoms with Crippen molar-refractivity contribution in [2.45, 2.75) is 20.0 Å². The molecular weight excluding hydrogens is 393 g/mol. The van der Waals surface area contributed by atoms with Crippen LogP contribution in [-0.4, -0.2) is 23.9 Å². The molecule has 0 aliphatic carbocycles. The van der Waals surface area contributed by atoms with Crippen LogP contribution in [0.4, 0.5) is 17.1 Å². The van der Waals surface area contributed by atoms with Gasteiger partial charge in [0.15, 0.2) is 6.10 Å². The number of nitrogens with one attached hydrogen (secondary N) is 2. The molecule has 1 atom stereocenters. The standard InChI is InChI=1S/C18H17Cl2N3O4/c1-9(27-18(26)14-7-11(19)8-15(20)16(14)21)17(25)23-13-5-3-12(4-6-13)22-10(2)24/h3-9H,21H2,1-2H3,(H,22,24)(H,23,25)/t9-/m1/s1. The van der Waals surface area contributed by atoms with Crippen LogP contribution in [-0.2, 0) is 14.3 Å². The summed E-state index contributed by atoms with van der Waals surface area (Å²) in [5, 5.41) is 5.55. The zero-order valence-corrected chi connectivity index (χ0v) is 16.0. The van der Waals surface area contributed by atoms with Gasteiger partial charge in [0.2, 0.25) is 5.91 Å². The van der Waals surface area contributed by atoms with E-state index >= 15 is 0 Å². The molecule has 0 saturated heterocycles. The van der Waals surface area contributed by atoms with Crippen LogP contribution in [0.3, 0.4) is 0 Å². The lowest BCUT2D eigenvalue weighted by Crippen LogP contribution is -2.30. The first-order valence-corrected chi connectivity index (χ1v) is 8.57. The second kappa shape index (κ2) is 8.75. The number of nitrogen functional groups attached to an aromatic ring is 1. The Labute approximate surface area is 165 Å². The average Bonchev–Trinajstić information content (AvgIpc) is 2.59. The highest BCUT2D eigenvalue weighted by atomic mass is 35.5. The van der Waals surface area contributed by atoms with E-state index in [9.17, 15) is 14.4 Å². The summed E-state index contributed by atoms with van der Waals surface area (Å²) in [6, 6.07) is 9.18. The van der Waals surface area contributed by atoms with Crippen LogP contribution in [0.25, 0.3) is 0 Å². The van der Waals surface area contributed by atoms with E-state index in [2.05, 4.69) is 10.6 Å². The molecule has 0 fully saturated rings. The van der Waals surface area contributed by atoms with E-state index in [0.29, 0.717) is 11.4 Å². The van der Waals surface area contributed by atoms with Crippen molar-refractivity contribution in [1.29, 1.82) is 0 Å². The van der Waals surface area contributed by atoms with Gasteiger partial charge in [-0.25, -0.2) is 4.79 Å². The molecule has 0 bridgehead atoms. The number of rotatable bonds is 5. The van der Waals surface area contributed by atoms with E-state index in [-0.39, 0.29) is 27.2 Å². The van der Waals surface area contributed by atoms with Crippen molar-refractivity contribution in [1.82, 2.24) is 0 Å². The summed E-state index contributed by atoms with van der Waals surface area (Å²) in [6.45, 7) is 2.81.